The average molecular weight is 398 g/mol. The van der Waals surface area contributed by atoms with Crippen molar-refractivity contribution in [3.63, 3.8) is 0 Å². The smallest absolute Gasteiger partial charge is 0.260 e. The molecule has 0 radical (unpaired) electrons. The van der Waals surface area contributed by atoms with Crippen molar-refractivity contribution < 1.29 is 14.1 Å². The molecule has 6 nitrogen and oxygen atoms in total. The third-order valence-electron chi connectivity index (χ3n) is 4.77. The number of hydrogen-bond donors (Lipinski definition) is 0. The Labute approximate surface area is 168 Å². The van der Waals surface area contributed by atoms with Crippen molar-refractivity contribution in [3.8, 4) is 17.1 Å². The van der Waals surface area contributed by atoms with Crippen LogP contribution in [0.5, 0.6) is 5.75 Å². The van der Waals surface area contributed by atoms with Gasteiger partial charge in [-0.05, 0) is 49.2 Å². The summed E-state index contributed by atoms with van der Waals surface area (Å²) in [7, 11) is 0. The van der Waals surface area contributed by atoms with Gasteiger partial charge in [0.1, 0.15) is 5.75 Å². The number of rotatable bonds is 5. The van der Waals surface area contributed by atoms with Crippen molar-refractivity contribution in [1.82, 2.24) is 15.0 Å². The van der Waals surface area contributed by atoms with Crippen LogP contribution in [0.15, 0.2) is 59.1 Å². The number of halogens is 1. The second-order valence-corrected chi connectivity index (χ2v) is 7.18. The molecule has 4 rings (SSSR count). The molecule has 1 aliphatic heterocycles. The number of hydrogen-bond acceptors (Lipinski definition) is 5. The molecule has 1 amide bonds. The third-order valence-corrected chi connectivity index (χ3v) is 5.02. The zero-order valence-electron chi connectivity index (χ0n) is 15.3. The number of para-hydroxylation sites is 1. The Morgan fingerprint density at radius 2 is 1.96 bits per heavy atom. The Bertz CT molecular complexity index is 928. The summed E-state index contributed by atoms with van der Waals surface area (Å²) >= 11 is 5.92. The Hall–Kier alpha value is -2.86. The number of ether oxygens (including phenoxy) is 1. The van der Waals surface area contributed by atoms with Crippen LogP contribution in [0.25, 0.3) is 11.4 Å². The van der Waals surface area contributed by atoms with Gasteiger partial charge in [0.2, 0.25) is 11.7 Å². The molecule has 0 unspecified atom stereocenters. The van der Waals surface area contributed by atoms with Crippen LogP contribution < -0.4 is 4.74 Å². The number of carbonyl (C=O) groups is 1. The maximum Gasteiger partial charge on any atom is 0.260 e. The highest BCUT2D eigenvalue weighted by molar-refractivity contribution is 6.30. The van der Waals surface area contributed by atoms with Crippen LogP contribution in [0.3, 0.4) is 0 Å². The molecule has 0 bridgehead atoms. The van der Waals surface area contributed by atoms with E-state index in [0.717, 1.165) is 18.4 Å². The molecule has 2 aromatic carbocycles. The van der Waals surface area contributed by atoms with Crippen LogP contribution in [0.1, 0.15) is 24.7 Å². The van der Waals surface area contributed by atoms with Gasteiger partial charge in [0.05, 0.1) is 5.92 Å². The van der Waals surface area contributed by atoms with E-state index in [2.05, 4.69) is 10.1 Å². The fraction of sp³-hybridized carbons (Fsp3) is 0.286. The summed E-state index contributed by atoms with van der Waals surface area (Å²) < 4.78 is 11.1. The predicted molar refractivity (Wildman–Crippen MR) is 105 cm³/mol. The maximum absolute atomic E-state index is 12.5. The van der Waals surface area contributed by atoms with Crippen LogP contribution in [0.2, 0.25) is 5.02 Å². The van der Waals surface area contributed by atoms with Gasteiger partial charge in [-0.3, -0.25) is 4.79 Å². The van der Waals surface area contributed by atoms with Gasteiger partial charge in [-0.15, -0.1) is 0 Å². The molecule has 1 atom stereocenters. The lowest BCUT2D eigenvalue weighted by atomic mass is 9.98. The number of carbonyl (C=O) groups excluding carboxylic acids is 1. The van der Waals surface area contributed by atoms with Crippen LogP contribution >= 0.6 is 11.6 Å². The number of nitrogens with zero attached hydrogens (tertiary/aromatic N) is 3. The highest BCUT2D eigenvalue weighted by atomic mass is 35.5. The van der Waals surface area contributed by atoms with E-state index in [1.807, 2.05) is 47.4 Å². The van der Waals surface area contributed by atoms with Gasteiger partial charge in [0, 0.05) is 23.7 Å². The van der Waals surface area contributed by atoms with Crippen molar-refractivity contribution in [2.75, 3.05) is 19.7 Å². The highest BCUT2D eigenvalue weighted by Gasteiger charge is 2.28. The highest BCUT2D eigenvalue weighted by Crippen LogP contribution is 2.28. The number of aromatic nitrogens is 2. The number of piperidine rings is 1. The minimum atomic E-state index is -0.0361. The summed E-state index contributed by atoms with van der Waals surface area (Å²) in [6.45, 7) is 1.29. The van der Waals surface area contributed by atoms with Crippen LogP contribution in [0, 0.1) is 0 Å². The first kappa shape index (κ1) is 18.5. The molecule has 0 aliphatic carbocycles. The minimum Gasteiger partial charge on any atom is -0.484 e. The summed E-state index contributed by atoms with van der Waals surface area (Å²) in [6, 6.07) is 16.6. The molecule has 1 fully saturated rings. The number of benzene rings is 2. The van der Waals surface area contributed by atoms with Crippen molar-refractivity contribution in [2.24, 2.45) is 0 Å². The van der Waals surface area contributed by atoms with Gasteiger partial charge >= 0.3 is 0 Å². The predicted octanol–water partition coefficient (Wildman–Crippen LogP) is 4.18. The van der Waals surface area contributed by atoms with Crippen LogP contribution in [0.4, 0.5) is 0 Å². The lowest BCUT2D eigenvalue weighted by Gasteiger charge is -2.30. The average Bonchev–Trinajstić information content (AvgIpc) is 3.24. The number of amides is 1. The molecule has 3 aromatic rings. The lowest BCUT2D eigenvalue weighted by Crippen LogP contribution is -2.41. The summed E-state index contributed by atoms with van der Waals surface area (Å²) in [4.78, 5) is 18.9. The van der Waals surface area contributed by atoms with Crippen LogP contribution in [-0.2, 0) is 4.79 Å². The third kappa shape index (κ3) is 4.34. The van der Waals surface area contributed by atoms with Crippen molar-refractivity contribution in [2.45, 2.75) is 18.8 Å². The zero-order chi connectivity index (χ0) is 19.3. The lowest BCUT2D eigenvalue weighted by molar-refractivity contribution is -0.134. The largest absolute Gasteiger partial charge is 0.484 e. The first-order chi connectivity index (χ1) is 13.7. The molecule has 1 aliphatic rings. The van der Waals surface area contributed by atoms with Gasteiger partial charge < -0.3 is 14.2 Å². The fourth-order valence-electron chi connectivity index (χ4n) is 3.28. The first-order valence-corrected chi connectivity index (χ1v) is 9.62. The van der Waals surface area contributed by atoms with Crippen molar-refractivity contribution in [3.05, 3.63) is 65.5 Å². The molecule has 144 valence electrons. The molecular formula is C21H20ClN3O3. The van der Waals surface area contributed by atoms with Crippen LogP contribution in [-0.4, -0.2) is 40.6 Å². The summed E-state index contributed by atoms with van der Waals surface area (Å²) in [5, 5.41) is 4.74. The van der Waals surface area contributed by atoms with E-state index in [4.69, 9.17) is 20.9 Å². The Balaban J connectivity index is 1.38. The molecule has 0 N–H and O–H groups in total. The molecule has 7 heteroatoms. The molecule has 1 saturated heterocycles. The maximum atomic E-state index is 12.5. The normalized spacial score (nSPS) is 16.8. The quantitative estimate of drug-likeness (QED) is 0.646. The van der Waals surface area contributed by atoms with E-state index in [9.17, 15) is 4.79 Å². The van der Waals surface area contributed by atoms with Gasteiger partial charge in [0.15, 0.2) is 6.61 Å². The van der Waals surface area contributed by atoms with E-state index in [1.54, 1.807) is 12.1 Å². The molecule has 2 heterocycles. The minimum absolute atomic E-state index is 0.0244. The molecule has 28 heavy (non-hydrogen) atoms. The van der Waals surface area contributed by atoms with Gasteiger partial charge in [0.25, 0.3) is 5.91 Å². The first-order valence-electron chi connectivity index (χ1n) is 9.24. The molecule has 1 aromatic heterocycles. The van der Waals surface area contributed by atoms with E-state index in [1.165, 1.54) is 0 Å². The van der Waals surface area contributed by atoms with Gasteiger partial charge in [-0.1, -0.05) is 35.0 Å². The SMILES string of the molecule is O=C(COc1ccccc1)N1CCC[C@H](c2nc(-c3ccc(Cl)cc3)no2)C1. The fourth-order valence-corrected chi connectivity index (χ4v) is 3.40. The molecular weight excluding hydrogens is 378 g/mol. The number of likely N-dealkylation sites (tertiary alicyclic amines) is 1. The van der Waals surface area contributed by atoms with E-state index in [-0.39, 0.29) is 18.4 Å². The Morgan fingerprint density at radius 1 is 1.18 bits per heavy atom. The van der Waals surface area contributed by atoms with Gasteiger partial charge in [-0.25, -0.2) is 0 Å². The van der Waals surface area contributed by atoms with Crippen molar-refractivity contribution >= 4 is 17.5 Å². The topological polar surface area (TPSA) is 68.5 Å². The zero-order valence-corrected chi connectivity index (χ0v) is 16.0. The van der Waals surface area contributed by atoms with Gasteiger partial charge in [-0.2, -0.15) is 4.98 Å². The summed E-state index contributed by atoms with van der Waals surface area (Å²) in [5.74, 6) is 1.77. The second-order valence-electron chi connectivity index (χ2n) is 6.74. The summed E-state index contributed by atoms with van der Waals surface area (Å²) in [5.41, 5.74) is 0.847. The van der Waals surface area contributed by atoms with E-state index >= 15 is 0 Å². The second kappa shape index (κ2) is 8.44. The Kier molecular flexibility index (Phi) is 5.58. The van der Waals surface area contributed by atoms with E-state index < -0.39 is 0 Å². The monoisotopic (exact) mass is 397 g/mol. The molecule has 0 saturated carbocycles. The standard InChI is InChI=1S/C21H20ClN3O3/c22-17-10-8-15(9-11-17)20-23-21(28-24-20)16-5-4-12-25(13-16)19(26)14-27-18-6-2-1-3-7-18/h1-3,6-11,16H,4-5,12-14H2/t16-/m0/s1. The Morgan fingerprint density at radius 3 is 2.75 bits per heavy atom. The summed E-state index contributed by atoms with van der Waals surface area (Å²) in [6.07, 6.45) is 1.80. The molecule has 0 spiro atoms. The van der Waals surface area contributed by atoms with E-state index in [0.29, 0.717) is 35.6 Å². The van der Waals surface area contributed by atoms with Crippen molar-refractivity contribution in [1.29, 1.82) is 0 Å².